The van der Waals surface area contributed by atoms with Gasteiger partial charge in [-0.25, -0.2) is 4.68 Å². The number of nitrogens with one attached hydrogen (secondary N) is 1. The average molecular weight is 389 g/mol. The zero-order valence-corrected chi connectivity index (χ0v) is 15.1. The molecule has 0 aliphatic carbocycles. The lowest BCUT2D eigenvalue weighted by atomic mass is 9.92. The number of hydrogen-bond acceptors (Lipinski definition) is 3. The zero-order chi connectivity index (χ0) is 16.5. The van der Waals surface area contributed by atoms with Crippen molar-refractivity contribution >= 4 is 21.8 Å². The number of amides is 1. The van der Waals surface area contributed by atoms with E-state index in [1.807, 2.05) is 41.4 Å². The van der Waals surface area contributed by atoms with Crippen molar-refractivity contribution in [3.8, 4) is 5.69 Å². The number of fused-ring (bicyclic) bond motifs is 1. The van der Waals surface area contributed by atoms with Crippen LogP contribution in [0.3, 0.4) is 0 Å². The maximum Gasteiger partial charge on any atom is 0.274 e. The molecular weight excluding hydrogens is 368 g/mol. The van der Waals surface area contributed by atoms with Crippen LogP contribution in [0.25, 0.3) is 5.69 Å². The molecule has 1 aromatic heterocycles. The Morgan fingerprint density at radius 2 is 1.92 bits per heavy atom. The lowest BCUT2D eigenvalue weighted by Crippen LogP contribution is -2.33. The maximum atomic E-state index is 12.8. The van der Waals surface area contributed by atoms with Gasteiger partial charge in [0.25, 0.3) is 5.91 Å². The topological polar surface area (TPSA) is 50.2 Å². The van der Waals surface area contributed by atoms with Crippen LogP contribution in [0, 0.1) is 11.8 Å². The smallest absolute Gasteiger partial charge is 0.274 e. The molecule has 3 heterocycles. The molecule has 4 rings (SSSR count). The summed E-state index contributed by atoms with van der Waals surface area (Å²) in [4.78, 5) is 14.8. The number of likely N-dealkylation sites (tertiary alicyclic amines) is 1. The highest BCUT2D eigenvalue weighted by molar-refractivity contribution is 9.10. The van der Waals surface area contributed by atoms with E-state index < -0.39 is 0 Å². The number of rotatable bonds is 2. The maximum absolute atomic E-state index is 12.8. The Morgan fingerprint density at radius 3 is 2.62 bits per heavy atom. The Balaban J connectivity index is 1.49. The van der Waals surface area contributed by atoms with E-state index >= 15 is 0 Å². The minimum absolute atomic E-state index is 0.0525. The highest BCUT2D eigenvalue weighted by Gasteiger charge is 2.32. The predicted octanol–water partition coefficient (Wildman–Crippen LogP) is 2.71. The summed E-state index contributed by atoms with van der Waals surface area (Å²) >= 11 is 3.47. The van der Waals surface area contributed by atoms with Crippen molar-refractivity contribution in [1.82, 2.24) is 20.0 Å². The van der Waals surface area contributed by atoms with Crippen LogP contribution in [0.15, 0.2) is 41.0 Å². The second-order valence-electron chi connectivity index (χ2n) is 6.67. The monoisotopic (exact) mass is 388 g/mol. The van der Waals surface area contributed by atoms with Crippen molar-refractivity contribution in [3.63, 3.8) is 0 Å². The predicted molar refractivity (Wildman–Crippen MR) is 96.3 cm³/mol. The molecule has 0 unspecified atom stereocenters. The van der Waals surface area contributed by atoms with E-state index in [4.69, 9.17) is 0 Å². The third-order valence-corrected chi connectivity index (χ3v) is 5.68. The summed E-state index contributed by atoms with van der Waals surface area (Å²) in [6.45, 7) is 3.88. The zero-order valence-electron chi connectivity index (χ0n) is 13.5. The van der Waals surface area contributed by atoms with Crippen molar-refractivity contribution in [3.05, 3.63) is 46.7 Å². The lowest BCUT2D eigenvalue weighted by Gasteiger charge is -2.19. The summed E-state index contributed by atoms with van der Waals surface area (Å²) in [6, 6.07) is 9.72. The molecule has 2 aliphatic heterocycles. The minimum atomic E-state index is 0.0525. The minimum Gasteiger partial charge on any atom is -0.337 e. The van der Waals surface area contributed by atoms with Gasteiger partial charge in [0.2, 0.25) is 0 Å². The van der Waals surface area contributed by atoms with E-state index in [1.54, 1.807) is 4.68 Å². The van der Waals surface area contributed by atoms with Gasteiger partial charge in [-0.2, -0.15) is 5.10 Å². The normalized spacial score (nSPS) is 23.8. The number of aromatic nitrogens is 2. The average Bonchev–Trinajstić information content (AvgIpc) is 3.20. The summed E-state index contributed by atoms with van der Waals surface area (Å²) in [5, 5.41) is 7.96. The van der Waals surface area contributed by atoms with E-state index in [1.165, 1.54) is 0 Å². The Labute approximate surface area is 150 Å². The number of nitrogens with zero attached hydrogens (tertiary/aromatic N) is 3. The highest BCUT2D eigenvalue weighted by Crippen LogP contribution is 2.27. The first-order valence-electron chi connectivity index (χ1n) is 8.52. The van der Waals surface area contributed by atoms with Gasteiger partial charge in [0, 0.05) is 23.8 Å². The molecule has 6 heteroatoms. The lowest BCUT2D eigenvalue weighted by molar-refractivity contribution is 0.0752. The number of carbonyl (C=O) groups excluding carboxylic acids is 1. The molecule has 126 valence electrons. The Morgan fingerprint density at radius 1 is 1.17 bits per heavy atom. The van der Waals surface area contributed by atoms with Crippen LogP contribution in [-0.2, 0) is 0 Å². The SMILES string of the molecule is O=C(c1ccn(-c2cccc(Br)c2)n1)N1CC[C@@H]2CNC[C@@H]2CC1. The van der Waals surface area contributed by atoms with Gasteiger partial charge in [-0.1, -0.05) is 22.0 Å². The van der Waals surface area contributed by atoms with E-state index in [9.17, 15) is 4.79 Å². The largest absolute Gasteiger partial charge is 0.337 e. The fourth-order valence-corrected chi connectivity index (χ4v) is 4.17. The molecule has 1 N–H and O–H groups in total. The standard InChI is InChI=1S/C18H21BrN4O/c19-15-2-1-3-16(10-15)23-9-6-17(21-23)18(24)22-7-4-13-11-20-12-14(13)5-8-22/h1-3,6,9-10,13-14,20H,4-5,7-8,11-12H2/t13-,14+. The molecule has 5 nitrogen and oxygen atoms in total. The van der Waals surface area contributed by atoms with Crippen molar-refractivity contribution in [2.45, 2.75) is 12.8 Å². The van der Waals surface area contributed by atoms with Gasteiger partial charge in [0.05, 0.1) is 5.69 Å². The second-order valence-corrected chi connectivity index (χ2v) is 7.59. The summed E-state index contributed by atoms with van der Waals surface area (Å²) in [5.74, 6) is 1.50. The van der Waals surface area contributed by atoms with Crippen LogP contribution in [0.2, 0.25) is 0 Å². The second kappa shape index (κ2) is 6.69. The van der Waals surface area contributed by atoms with Crippen LogP contribution >= 0.6 is 15.9 Å². The van der Waals surface area contributed by atoms with Gasteiger partial charge < -0.3 is 10.2 Å². The summed E-state index contributed by atoms with van der Waals surface area (Å²) < 4.78 is 2.75. The third kappa shape index (κ3) is 3.13. The summed E-state index contributed by atoms with van der Waals surface area (Å²) in [6.07, 6.45) is 4.04. The molecule has 0 spiro atoms. The van der Waals surface area contributed by atoms with E-state index in [-0.39, 0.29) is 5.91 Å². The van der Waals surface area contributed by atoms with Crippen LogP contribution in [0.5, 0.6) is 0 Å². The number of hydrogen-bond donors (Lipinski definition) is 1. The Hall–Kier alpha value is -1.66. The number of benzene rings is 1. The molecule has 0 saturated carbocycles. The van der Waals surface area contributed by atoms with Gasteiger partial charge >= 0.3 is 0 Å². The number of halogens is 1. The van der Waals surface area contributed by atoms with E-state index in [2.05, 4.69) is 26.3 Å². The molecule has 2 atom stereocenters. The molecule has 2 fully saturated rings. The number of carbonyl (C=O) groups is 1. The van der Waals surface area contributed by atoms with Gasteiger partial charge in [0.1, 0.15) is 0 Å². The first kappa shape index (κ1) is 15.8. The van der Waals surface area contributed by atoms with Crippen LogP contribution < -0.4 is 5.32 Å². The molecule has 2 saturated heterocycles. The highest BCUT2D eigenvalue weighted by atomic mass is 79.9. The first-order valence-corrected chi connectivity index (χ1v) is 9.31. The van der Waals surface area contributed by atoms with E-state index in [0.717, 1.165) is 61.0 Å². The van der Waals surface area contributed by atoms with Gasteiger partial charge in [0.15, 0.2) is 5.69 Å². The van der Waals surface area contributed by atoms with Gasteiger partial charge in [-0.15, -0.1) is 0 Å². The van der Waals surface area contributed by atoms with E-state index in [0.29, 0.717) is 5.69 Å². The molecule has 0 bridgehead atoms. The summed E-state index contributed by atoms with van der Waals surface area (Å²) in [7, 11) is 0. The van der Waals surface area contributed by atoms with Crippen molar-refractivity contribution < 1.29 is 4.79 Å². The molecule has 24 heavy (non-hydrogen) atoms. The fraction of sp³-hybridized carbons (Fsp3) is 0.444. The fourth-order valence-electron chi connectivity index (χ4n) is 3.78. The molecule has 1 amide bonds. The van der Waals surface area contributed by atoms with Crippen LogP contribution in [0.4, 0.5) is 0 Å². The van der Waals surface area contributed by atoms with Gasteiger partial charge in [-0.05, 0) is 62.0 Å². The Kier molecular flexibility index (Phi) is 4.41. The first-order chi connectivity index (χ1) is 11.7. The molecule has 2 aliphatic rings. The van der Waals surface area contributed by atoms with Crippen molar-refractivity contribution in [2.24, 2.45) is 11.8 Å². The molecule has 0 radical (unpaired) electrons. The quantitative estimate of drug-likeness (QED) is 0.860. The van der Waals surface area contributed by atoms with Gasteiger partial charge in [-0.3, -0.25) is 4.79 Å². The van der Waals surface area contributed by atoms with Crippen LogP contribution in [0.1, 0.15) is 23.3 Å². The molecular formula is C18H21BrN4O. The van der Waals surface area contributed by atoms with Crippen molar-refractivity contribution in [2.75, 3.05) is 26.2 Å². The molecule has 1 aromatic carbocycles. The van der Waals surface area contributed by atoms with Crippen molar-refractivity contribution in [1.29, 1.82) is 0 Å². The summed E-state index contributed by atoms with van der Waals surface area (Å²) in [5.41, 5.74) is 1.47. The Bertz CT molecular complexity index is 730. The third-order valence-electron chi connectivity index (χ3n) is 5.19. The molecule has 2 aromatic rings. The van der Waals surface area contributed by atoms with Crippen LogP contribution in [-0.4, -0.2) is 46.8 Å².